The third-order valence-electron chi connectivity index (χ3n) is 8.66. The highest BCUT2D eigenvalue weighted by atomic mass is 16.3. The highest BCUT2D eigenvalue weighted by Gasteiger charge is 2.17. The van der Waals surface area contributed by atoms with Crippen LogP contribution in [0.3, 0.4) is 0 Å². The Balaban J connectivity index is 1.21. The number of hydrogen-bond acceptors (Lipinski definition) is 3. The first-order chi connectivity index (χ1) is 22.8. The van der Waals surface area contributed by atoms with Crippen LogP contribution in [-0.4, -0.2) is 14.5 Å². The molecule has 0 unspecified atom stereocenters. The molecule has 46 heavy (non-hydrogen) atoms. The van der Waals surface area contributed by atoms with Crippen LogP contribution in [0.25, 0.3) is 83.7 Å². The highest BCUT2D eigenvalue weighted by molar-refractivity contribution is 6.09. The van der Waals surface area contributed by atoms with Gasteiger partial charge in [0.15, 0.2) is 11.6 Å². The largest absolute Gasteiger partial charge is 0.454 e. The fourth-order valence-electron chi connectivity index (χ4n) is 6.48. The quantitative estimate of drug-likeness (QED) is 0.201. The lowest BCUT2D eigenvalue weighted by molar-refractivity contribution is 0.628. The molecule has 0 bridgehead atoms. The molecule has 0 radical (unpaired) electrons. The van der Waals surface area contributed by atoms with Crippen molar-refractivity contribution in [2.75, 3.05) is 0 Å². The lowest BCUT2D eigenvalue weighted by Crippen LogP contribution is -1.98. The Bertz CT molecular complexity index is 2440. The summed E-state index contributed by atoms with van der Waals surface area (Å²) < 4.78 is 8.63. The van der Waals surface area contributed by atoms with E-state index in [1.54, 1.807) is 0 Å². The molecule has 0 saturated carbocycles. The second-order valence-electron chi connectivity index (χ2n) is 11.4. The third-order valence-corrected chi connectivity index (χ3v) is 8.66. The molecule has 4 nitrogen and oxygen atoms in total. The van der Waals surface area contributed by atoms with E-state index in [1.807, 2.05) is 30.3 Å². The van der Waals surface area contributed by atoms with Crippen LogP contribution in [0.1, 0.15) is 0 Å². The Hall–Kier alpha value is -6.26. The van der Waals surface area contributed by atoms with E-state index in [2.05, 4.69) is 138 Å². The molecule has 6 aromatic carbocycles. The van der Waals surface area contributed by atoms with E-state index in [-0.39, 0.29) is 0 Å². The smallest absolute Gasteiger partial charge is 0.160 e. The lowest BCUT2D eigenvalue weighted by atomic mass is 9.97. The maximum atomic E-state index is 6.31. The van der Waals surface area contributed by atoms with E-state index >= 15 is 0 Å². The van der Waals surface area contributed by atoms with Gasteiger partial charge < -0.3 is 8.98 Å². The van der Waals surface area contributed by atoms with Gasteiger partial charge in [0.2, 0.25) is 0 Å². The number of para-hydroxylation sites is 3. The zero-order valence-electron chi connectivity index (χ0n) is 24.8. The van der Waals surface area contributed by atoms with Crippen LogP contribution >= 0.6 is 0 Å². The minimum absolute atomic E-state index is 0.643. The van der Waals surface area contributed by atoms with Gasteiger partial charge in [-0.3, -0.25) is 0 Å². The standard InChI is InChI=1S/C42H27N3O/c1-2-12-28(13-3-1)32-15-5-6-16-33(32)36-27-37(41-26-30-14-4-11-21-40(30)46-41)44-42(43-36)29-22-24-31(25-23-29)45-38-19-9-7-17-34(38)35-18-8-10-20-39(35)45/h1-27H. The summed E-state index contributed by atoms with van der Waals surface area (Å²) in [5.41, 5.74) is 10.1. The molecule has 0 N–H and O–H groups in total. The minimum Gasteiger partial charge on any atom is -0.454 e. The van der Waals surface area contributed by atoms with Gasteiger partial charge in [-0.25, -0.2) is 9.97 Å². The first-order valence-electron chi connectivity index (χ1n) is 15.4. The molecule has 0 spiro atoms. The van der Waals surface area contributed by atoms with Crippen molar-refractivity contribution in [1.29, 1.82) is 0 Å². The molecule has 0 fully saturated rings. The topological polar surface area (TPSA) is 43.9 Å². The summed E-state index contributed by atoms with van der Waals surface area (Å²) >= 11 is 0. The van der Waals surface area contributed by atoms with Crippen molar-refractivity contribution in [2.24, 2.45) is 0 Å². The number of rotatable bonds is 5. The van der Waals surface area contributed by atoms with Crippen LogP contribution in [0.4, 0.5) is 0 Å². The van der Waals surface area contributed by atoms with Gasteiger partial charge in [-0.15, -0.1) is 0 Å². The lowest BCUT2D eigenvalue weighted by Gasteiger charge is -2.13. The molecule has 0 atom stereocenters. The van der Waals surface area contributed by atoms with Crippen molar-refractivity contribution >= 4 is 32.8 Å². The van der Waals surface area contributed by atoms with Gasteiger partial charge in [-0.05, 0) is 65.7 Å². The van der Waals surface area contributed by atoms with E-state index in [0.717, 1.165) is 50.3 Å². The fraction of sp³-hybridized carbons (Fsp3) is 0. The van der Waals surface area contributed by atoms with Crippen LogP contribution in [0, 0.1) is 0 Å². The number of hydrogen-bond donors (Lipinski definition) is 0. The molecule has 3 heterocycles. The van der Waals surface area contributed by atoms with E-state index in [9.17, 15) is 0 Å². The SMILES string of the molecule is c1ccc(-c2ccccc2-c2cc(-c3cc4ccccc4o3)nc(-c3ccc(-n4c5ccccc5c5ccccc54)cc3)n2)cc1. The zero-order chi connectivity index (χ0) is 30.5. The molecule has 0 aliphatic rings. The second kappa shape index (κ2) is 10.7. The van der Waals surface area contributed by atoms with Crippen LogP contribution < -0.4 is 0 Å². The summed E-state index contributed by atoms with van der Waals surface area (Å²) in [6.45, 7) is 0. The van der Waals surface area contributed by atoms with Crippen molar-refractivity contribution in [3.8, 4) is 50.9 Å². The first-order valence-corrected chi connectivity index (χ1v) is 15.4. The molecular weight excluding hydrogens is 562 g/mol. The average Bonchev–Trinajstić information content (AvgIpc) is 3.72. The fourth-order valence-corrected chi connectivity index (χ4v) is 6.48. The Kier molecular flexibility index (Phi) is 6.10. The van der Waals surface area contributed by atoms with E-state index in [1.165, 1.54) is 21.8 Å². The highest BCUT2D eigenvalue weighted by Crippen LogP contribution is 2.36. The number of furan rings is 1. The van der Waals surface area contributed by atoms with Gasteiger partial charge in [-0.2, -0.15) is 0 Å². The van der Waals surface area contributed by atoms with E-state index in [0.29, 0.717) is 11.6 Å². The second-order valence-corrected chi connectivity index (χ2v) is 11.4. The summed E-state index contributed by atoms with van der Waals surface area (Å²) in [6.07, 6.45) is 0. The van der Waals surface area contributed by atoms with Crippen molar-refractivity contribution in [3.63, 3.8) is 0 Å². The Morgan fingerprint density at radius 3 is 1.80 bits per heavy atom. The van der Waals surface area contributed by atoms with Crippen molar-refractivity contribution in [2.45, 2.75) is 0 Å². The summed E-state index contributed by atoms with van der Waals surface area (Å²) in [5, 5.41) is 3.52. The summed E-state index contributed by atoms with van der Waals surface area (Å²) in [5.74, 6) is 1.36. The monoisotopic (exact) mass is 589 g/mol. The Labute approximate surface area is 265 Å². The van der Waals surface area contributed by atoms with Crippen LogP contribution in [0.2, 0.25) is 0 Å². The number of fused-ring (bicyclic) bond motifs is 4. The van der Waals surface area contributed by atoms with Crippen molar-refractivity contribution < 1.29 is 4.42 Å². The molecule has 0 amide bonds. The van der Waals surface area contributed by atoms with Crippen LogP contribution in [0.5, 0.6) is 0 Å². The molecule has 4 heteroatoms. The van der Waals surface area contributed by atoms with E-state index in [4.69, 9.17) is 14.4 Å². The summed E-state index contributed by atoms with van der Waals surface area (Å²) in [6, 6.07) is 56.7. The average molecular weight is 590 g/mol. The maximum absolute atomic E-state index is 6.31. The number of benzene rings is 6. The molecule has 9 aromatic rings. The predicted molar refractivity (Wildman–Crippen MR) is 188 cm³/mol. The number of aromatic nitrogens is 3. The van der Waals surface area contributed by atoms with Gasteiger partial charge in [0.05, 0.1) is 16.7 Å². The molecule has 0 aliphatic carbocycles. The predicted octanol–water partition coefficient (Wildman–Crippen LogP) is 11.0. The zero-order valence-corrected chi connectivity index (χ0v) is 24.8. The molecule has 0 saturated heterocycles. The van der Waals surface area contributed by atoms with Gasteiger partial charge in [-0.1, -0.05) is 109 Å². The minimum atomic E-state index is 0.643. The van der Waals surface area contributed by atoms with Crippen LogP contribution in [-0.2, 0) is 0 Å². The summed E-state index contributed by atoms with van der Waals surface area (Å²) in [7, 11) is 0. The van der Waals surface area contributed by atoms with Gasteiger partial charge >= 0.3 is 0 Å². The number of nitrogens with zero attached hydrogens (tertiary/aromatic N) is 3. The van der Waals surface area contributed by atoms with Crippen molar-refractivity contribution in [1.82, 2.24) is 14.5 Å². The molecule has 216 valence electrons. The summed E-state index contributed by atoms with van der Waals surface area (Å²) in [4.78, 5) is 10.2. The van der Waals surface area contributed by atoms with Gasteiger partial charge in [0.25, 0.3) is 0 Å². The normalized spacial score (nSPS) is 11.5. The molecular formula is C42H27N3O. The van der Waals surface area contributed by atoms with Gasteiger partial charge in [0.1, 0.15) is 11.3 Å². The Morgan fingerprint density at radius 2 is 1.07 bits per heavy atom. The molecule has 3 aromatic heterocycles. The molecule has 0 aliphatic heterocycles. The van der Waals surface area contributed by atoms with E-state index < -0.39 is 0 Å². The Morgan fingerprint density at radius 1 is 0.457 bits per heavy atom. The maximum Gasteiger partial charge on any atom is 0.160 e. The van der Waals surface area contributed by atoms with Gasteiger partial charge in [0, 0.05) is 33.0 Å². The molecule has 9 rings (SSSR count). The third kappa shape index (κ3) is 4.39. The van der Waals surface area contributed by atoms with Crippen molar-refractivity contribution in [3.05, 3.63) is 164 Å². The first kappa shape index (κ1) is 26.2. The van der Waals surface area contributed by atoms with Crippen LogP contribution in [0.15, 0.2) is 168 Å².